The molecule has 3 heterocycles. The number of aromatic nitrogens is 1. The van der Waals surface area contributed by atoms with E-state index in [0.29, 0.717) is 0 Å². The first kappa shape index (κ1) is 31.6. The van der Waals surface area contributed by atoms with Crippen LogP contribution in [-0.2, 0) is 0 Å². The number of fused-ring (bicyclic) bond motifs is 4. The zero-order valence-corrected chi connectivity index (χ0v) is 29.9. The SMILES string of the molecule is Cc1cccc(-c2cc(-c3ccc(N4c5ccccc5Oc5ccccc54)cc3)nc(-c3ccc(N4c5ccccc5Oc5ccccc54)cc3)c2)c1C. The van der Waals surface area contributed by atoms with Gasteiger partial charge in [0.05, 0.1) is 34.1 Å². The maximum absolute atomic E-state index is 6.26. The Hall–Kier alpha value is -7.11. The predicted octanol–water partition coefficient (Wildman–Crippen LogP) is 13.9. The number of rotatable bonds is 5. The minimum absolute atomic E-state index is 0.834. The molecule has 2 aliphatic rings. The van der Waals surface area contributed by atoms with E-state index in [1.54, 1.807) is 0 Å². The molecular formula is C49H35N3O2. The van der Waals surface area contributed by atoms with Crippen molar-refractivity contribution >= 4 is 34.1 Å². The van der Waals surface area contributed by atoms with Gasteiger partial charge < -0.3 is 19.3 Å². The lowest BCUT2D eigenvalue weighted by Crippen LogP contribution is -2.15. The Balaban J connectivity index is 1.06. The zero-order valence-electron chi connectivity index (χ0n) is 29.9. The van der Waals surface area contributed by atoms with E-state index in [9.17, 15) is 0 Å². The summed E-state index contributed by atoms with van der Waals surface area (Å²) in [7, 11) is 0. The summed E-state index contributed by atoms with van der Waals surface area (Å²) in [4.78, 5) is 9.83. The lowest BCUT2D eigenvalue weighted by molar-refractivity contribution is 0.477. The summed E-state index contributed by atoms with van der Waals surface area (Å²) in [6.45, 7) is 4.37. The van der Waals surface area contributed by atoms with Crippen molar-refractivity contribution < 1.29 is 9.47 Å². The fourth-order valence-corrected chi connectivity index (χ4v) is 7.57. The van der Waals surface area contributed by atoms with Crippen LogP contribution in [0.4, 0.5) is 34.1 Å². The fourth-order valence-electron chi connectivity index (χ4n) is 7.57. The molecule has 7 aromatic carbocycles. The number of ether oxygens (including phenoxy) is 2. The van der Waals surface area contributed by atoms with Gasteiger partial charge in [0.2, 0.25) is 0 Å². The molecule has 0 fully saturated rings. The standard InChI is InChI=1S/C49H35N3O2/c1-32-12-11-13-39(33(32)2)36-30-40(34-22-26-37(27-23-34)51-42-14-3-7-18-46(42)53-47-19-8-4-15-43(47)51)50-41(31-36)35-24-28-38(29-25-35)52-44-16-5-9-20-48(44)54-49-21-10-6-17-45(49)52/h3-31H,1-2H3. The highest BCUT2D eigenvalue weighted by atomic mass is 16.5. The van der Waals surface area contributed by atoms with Crippen molar-refractivity contribution in [3.63, 3.8) is 0 Å². The first-order valence-electron chi connectivity index (χ1n) is 18.2. The Morgan fingerprint density at radius 2 is 0.778 bits per heavy atom. The van der Waals surface area contributed by atoms with Crippen molar-refractivity contribution in [2.24, 2.45) is 0 Å². The molecule has 8 aromatic rings. The minimum Gasteiger partial charge on any atom is -0.453 e. The quantitative estimate of drug-likeness (QED) is 0.179. The van der Waals surface area contributed by atoms with Gasteiger partial charge in [-0.3, -0.25) is 0 Å². The molecule has 0 atom stereocenters. The van der Waals surface area contributed by atoms with E-state index in [4.69, 9.17) is 14.5 Å². The van der Waals surface area contributed by atoms with E-state index in [-0.39, 0.29) is 0 Å². The maximum atomic E-state index is 6.26. The average molecular weight is 698 g/mol. The largest absolute Gasteiger partial charge is 0.453 e. The fraction of sp³-hybridized carbons (Fsp3) is 0.0408. The Morgan fingerprint density at radius 3 is 1.19 bits per heavy atom. The van der Waals surface area contributed by atoms with Crippen LogP contribution in [0, 0.1) is 13.8 Å². The van der Waals surface area contributed by atoms with Gasteiger partial charge in [0, 0.05) is 22.5 Å². The molecule has 5 nitrogen and oxygen atoms in total. The van der Waals surface area contributed by atoms with Gasteiger partial charge in [0.1, 0.15) is 0 Å². The normalized spacial score (nSPS) is 12.5. The van der Waals surface area contributed by atoms with E-state index in [1.807, 2.05) is 72.8 Å². The Kier molecular flexibility index (Phi) is 7.51. The number of pyridine rings is 1. The predicted molar refractivity (Wildman–Crippen MR) is 220 cm³/mol. The van der Waals surface area contributed by atoms with Gasteiger partial charge in [-0.15, -0.1) is 0 Å². The van der Waals surface area contributed by atoms with Gasteiger partial charge in [-0.25, -0.2) is 4.98 Å². The van der Waals surface area contributed by atoms with Crippen LogP contribution in [0.1, 0.15) is 11.1 Å². The first-order valence-corrected chi connectivity index (χ1v) is 18.2. The summed E-state index contributed by atoms with van der Waals surface area (Å²) in [6.07, 6.45) is 0. The third-order valence-corrected chi connectivity index (χ3v) is 10.4. The molecule has 0 N–H and O–H groups in total. The molecule has 258 valence electrons. The highest BCUT2D eigenvalue weighted by Crippen LogP contribution is 2.51. The molecule has 0 radical (unpaired) electrons. The van der Waals surface area contributed by atoms with Crippen molar-refractivity contribution in [2.45, 2.75) is 13.8 Å². The lowest BCUT2D eigenvalue weighted by atomic mass is 9.94. The Bertz CT molecular complexity index is 2450. The summed E-state index contributed by atoms with van der Waals surface area (Å²) < 4.78 is 12.5. The molecule has 1 aromatic heterocycles. The van der Waals surface area contributed by atoms with E-state index in [2.05, 4.69) is 127 Å². The third-order valence-electron chi connectivity index (χ3n) is 10.4. The van der Waals surface area contributed by atoms with Crippen LogP contribution in [0.5, 0.6) is 23.0 Å². The molecule has 0 bridgehead atoms. The monoisotopic (exact) mass is 697 g/mol. The zero-order chi connectivity index (χ0) is 36.2. The summed E-state index contributed by atoms with van der Waals surface area (Å²) in [6, 6.07) is 61.0. The topological polar surface area (TPSA) is 37.8 Å². The van der Waals surface area contributed by atoms with Gasteiger partial charge in [-0.2, -0.15) is 0 Å². The van der Waals surface area contributed by atoms with Gasteiger partial charge in [0.25, 0.3) is 0 Å². The lowest BCUT2D eigenvalue weighted by Gasteiger charge is -2.32. The molecule has 0 unspecified atom stereocenters. The molecule has 10 rings (SSSR count). The van der Waals surface area contributed by atoms with Crippen LogP contribution in [-0.4, -0.2) is 4.98 Å². The second kappa shape index (κ2) is 12.8. The van der Waals surface area contributed by atoms with Gasteiger partial charge >= 0.3 is 0 Å². The molecule has 0 aliphatic carbocycles. The molecule has 0 amide bonds. The van der Waals surface area contributed by atoms with Gasteiger partial charge in [-0.05, 0) is 121 Å². The Morgan fingerprint density at radius 1 is 0.389 bits per heavy atom. The molecule has 54 heavy (non-hydrogen) atoms. The second-order valence-electron chi connectivity index (χ2n) is 13.7. The highest BCUT2D eigenvalue weighted by molar-refractivity contribution is 5.89. The molecule has 5 heteroatoms. The van der Waals surface area contributed by atoms with E-state index >= 15 is 0 Å². The average Bonchev–Trinajstić information content (AvgIpc) is 3.23. The molecule has 0 saturated carbocycles. The molecule has 2 aliphatic heterocycles. The summed E-state index contributed by atoms with van der Waals surface area (Å²) in [5, 5.41) is 0. The van der Waals surface area contributed by atoms with Crippen molar-refractivity contribution in [3.8, 4) is 56.6 Å². The smallest absolute Gasteiger partial charge is 0.151 e. The third kappa shape index (κ3) is 5.37. The van der Waals surface area contributed by atoms with Crippen molar-refractivity contribution in [3.05, 3.63) is 187 Å². The number of hydrogen-bond donors (Lipinski definition) is 0. The van der Waals surface area contributed by atoms with Crippen molar-refractivity contribution in [2.75, 3.05) is 9.80 Å². The Labute approximate surface area is 315 Å². The van der Waals surface area contributed by atoms with E-state index in [0.717, 1.165) is 85.2 Å². The van der Waals surface area contributed by atoms with Crippen LogP contribution in [0.2, 0.25) is 0 Å². The van der Waals surface area contributed by atoms with E-state index < -0.39 is 0 Å². The van der Waals surface area contributed by atoms with Gasteiger partial charge in [-0.1, -0.05) is 91.0 Å². The number of para-hydroxylation sites is 8. The second-order valence-corrected chi connectivity index (χ2v) is 13.7. The number of benzene rings is 7. The van der Waals surface area contributed by atoms with Crippen LogP contribution in [0.15, 0.2) is 176 Å². The highest BCUT2D eigenvalue weighted by Gasteiger charge is 2.27. The molecule has 0 spiro atoms. The molecule has 0 saturated heterocycles. The summed E-state index contributed by atoms with van der Waals surface area (Å²) in [5.41, 5.74) is 14.9. The number of anilines is 6. The summed E-state index contributed by atoms with van der Waals surface area (Å²) >= 11 is 0. The van der Waals surface area contributed by atoms with Crippen molar-refractivity contribution in [1.29, 1.82) is 0 Å². The van der Waals surface area contributed by atoms with Gasteiger partial charge in [0.15, 0.2) is 23.0 Å². The minimum atomic E-state index is 0.834. The summed E-state index contributed by atoms with van der Waals surface area (Å²) in [5.74, 6) is 3.34. The number of nitrogens with zero attached hydrogens (tertiary/aromatic N) is 3. The van der Waals surface area contributed by atoms with Crippen LogP contribution >= 0.6 is 0 Å². The van der Waals surface area contributed by atoms with Crippen LogP contribution in [0.3, 0.4) is 0 Å². The first-order chi connectivity index (χ1) is 26.6. The maximum Gasteiger partial charge on any atom is 0.151 e. The van der Waals surface area contributed by atoms with Crippen LogP contribution < -0.4 is 19.3 Å². The van der Waals surface area contributed by atoms with E-state index in [1.165, 1.54) is 16.7 Å². The number of aryl methyl sites for hydroxylation is 1. The van der Waals surface area contributed by atoms with Crippen LogP contribution in [0.25, 0.3) is 33.6 Å². The molecular weight excluding hydrogens is 663 g/mol. The number of hydrogen-bond acceptors (Lipinski definition) is 5. The van der Waals surface area contributed by atoms with Crippen molar-refractivity contribution in [1.82, 2.24) is 4.98 Å².